The van der Waals surface area contributed by atoms with E-state index in [1.54, 1.807) is 0 Å². The Hall–Kier alpha value is 0.260. The first-order valence-electron chi connectivity index (χ1n) is 5.34. The van der Waals surface area contributed by atoms with Gasteiger partial charge in [0.2, 0.25) is 0 Å². The predicted octanol–water partition coefficient (Wildman–Crippen LogP) is 5.02. The molecule has 0 unspecified atom stereocenters. The van der Waals surface area contributed by atoms with E-state index in [1.807, 2.05) is 12.1 Å². The van der Waals surface area contributed by atoms with E-state index in [4.69, 9.17) is 27.9 Å². The molecular formula is C12H13Br2Cl2NO. The van der Waals surface area contributed by atoms with Crippen molar-refractivity contribution in [2.45, 2.75) is 13.5 Å². The van der Waals surface area contributed by atoms with E-state index in [0.717, 1.165) is 22.0 Å². The van der Waals surface area contributed by atoms with Gasteiger partial charge < -0.3 is 10.1 Å². The van der Waals surface area contributed by atoms with Crippen LogP contribution in [0.25, 0.3) is 0 Å². The summed E-state index contributed by atoms with van der Waals surface area (Å²) in [6.45, 7) is 4.07. The first-order chi connectivity index (χ1) is 8.58. The summed E-state index contributed by atoms with van der Waals surface area (Å²) in [5, 5.41) is 3.72. The van der Waals surface area contributed by atoms with Crippen molar-refractivity contribution in [3.05, 3.63) is 37.2 Å². The predicted molar refractivity (Wildman–Crippen MR) is 84.5 cm³/mol. The largest absolute Gasteiger partial charge is 0.486 e. The Bertz CT molecular complexity index is 415. The third-order valence-corrected chi connectivity index (χ3v) is 3.88. The van der Waals surface area contributed by atoms with Crippen LogP contribution in [0.4, 0.5) is 0 Å². The average Bonchev–Trinajstić information content (AvgIpc) is 2.34. The lowest BCUT2D eigenvalue weighted by atomic mass is 10.2. The highest BCUT2D eigenvalue weighted by Crippen LogP contribution is 2.35. The number of hydrogen-bond acceptors (Lipinski definition) is 2. The molecule has 1 aromatic carbocycles. The Balaban J connectivity index is 2.80. The lowest BCUT2D eigenvalue weighted by molar-refractivity contribution is 0.354. The average molecular weight is 418 g/mol. The molecule has 2 nitrogen and oxygen atoms in total. The molecule has 0 aliphatic carbocycles. The summed E-state index contributed by atoms with van der Waals surface area (Å²) in [7, 11) is 0. The van der Waals surface area contributed by atoms with Crippen LogP contribution in [0.2, 0.25) is 0 Å². The lowest BCUT2D eigenvalue weighted by Gasteiger charge is -2.12. The fourth-order valence-corrected chi connectivity index (χ4v) is 2.92. The standard InChI is InChI=1S/C12H13Br2Cl2NO/c1-2-17-6-8-3-10(13)12(11(14)4-8)18-7-9(16)5-15/h3-5,17H,2,6-7H2,1H3/b9-5-. The fraction of sp³-hybridized carbons (Fsp3) is 0.333. The van der Waals surface area contributed by atoms with Crippen molar-refractivity contribution < 1.29 is 4.74 Å². The zero-order chi connectivity index (χ0) is 13.5. The first-order valence-corrected chi connectivity index (χ1v) is 7.74. The third-order valence-electron chi connectivity index (χ3n) is 2.11. The van der Waals surface area contributed by atoms with Gasteiger partial charge in [0, 0.05) is 12.1 Å². The number of benzene rings is 1. The van der Waals surface area contributed by atoms with Crippen molar-refractivity contribution in [3.8, 4) is 5.75 Å². The van der Waals surface area contributed by atoms with Crippen molar-refractivity contribution in [1.29, 1.82) is 0 Å². The quantitative estimate of drug-likeness (QED) is 0.701. The van der Waals surface area contributed by atoms with E-state index in [-0.39, 0.29) is 6.61 Å². The second-order valence-corrected chi connectivity index (χ2v) is 5.93. The van der Waals surface area contributed by atoms with Gasteiger partial charge in [-0.2, -0.15) is 0 Å². The van der Waals surface area contributed by atoms with Gasteiger partial charge in [0.15, 0.2) is 0 Å². The van der Waals surface area contributed by atoms with Gasteiger partial charge in [0.1, 0.15) is 12.4 Å². The highest BCUT2D eigenvalue weighted by Gasteiger charge is 2.09. The van der Waals surface area contributed by atoms with Crippen LogP contribution in [0, 0.1) is 0 Å². The molecule has 100 valence electrons. The van der Waals surface area contributed by atoms with Gasteiger partial charge in [0.25, 0.3) is 0 Å². The summed E-state index contributed by atoms with van der Waals surface area (Å²) in [4.78, 5) is 0. The molecule has 0 aromatic heterocycles. The molecular weight excluding hydrogens is 405 g/mol. The van der Waals surface area contributed by atoms with Crippen molar-refractivity contribution in [2.24, 2.45) is 0 Å². The topological polar surface area (TPSA) is 21.3 Å². The molecule has 0 saturated carbocycles. The summed E-state index contributed by atoms with van der Waals surface area (Å²) in [5.74, 6) is 0.715. The maximum atomic E-state index is 5.78. The van der Waals surface area contributed by atoms with Crippen LogP contribution in [-0.4, -0.2) is 13.2 Å². The Labute approximate surface area is 134 Å². The van der Waals surface area contributed by atoms with Gasteiger partial charge in [0.05, 0.1) is 14.0 Å². The van der Waals surface area contributed by atoms with Gasteiger partial charge in [-0.1, -0.05) is 30.1 Å². The highest BCUT2D eigenvalue weighted by atomic mass is 79.9. The number of rotatable bonds is 6. The van der Waals surface area contributed by atoms with E-state index in [0.29, 0.717) is 10.8 Å². The summed E-state index contributed by atoms with van der Waals surface area (Å²) < 4.78 is 7.34. The molecule has 0 spiro atoms. The Morgan fingerprint density at radius 1 is 1.39 bits per heavy atom. The molecule has 0 atom stereocenters. The van der Waals surface area contributed by atoms with Crippen LogP contribution in [0.1, 0.15) is 12.5 Å². The van der Waals surface area contributed by atoms with Crippen LogP contribution in [-0.2, 0) is 6.54 Å². The maximum absolute atomic E-state index is 5.78. The maximum Gasteiger partial charge on any atom is 0.148 e. The second-order valence-electron chi connectivity index (χ2n) is 3.51. The first kappa shape index (κ1) is 16.3. The van der Waals surface area contributed by atoms with Crippen molar-refractivity contribution in [2.75, 3.05) is 13.2 Å². The van der Waals surface area contributed by atoms with E-state index in [2.05, 4.69) is 44.1 Å². The molecule has 1 N–H and O–H groups in total. The lowest BCUT2D eigenvalue weighted by Crippen LogP contribution is -2.11. The molecule has 1 rings (SSSR count). The molecule has 1 aromatic rings. The molecule has 0 heterocycles. The molecule has 0 aliphatic heterocycles. The Morgan fingerprint density at radius 3 is 2.50 bits per heavy atom. The van der Waals surface area contributed by atoms with E-state index < -0.39 is 0 Å². The second kappa shape index (κ2) is 8.43. The molecule has 0 aliphatic rings. The SMILES string of the molecule is CCNCc1cc(Br)c(OC/C(Cl)=C/Cl)c(Br)c1. The molecule has 6 heteroatoms. The normalized spacial score (nSPS) is 11.7. The Morgan fingerprint density at radius 2 is 2.00 bits per heavy atom. The van der Waals surface area contributed by atoms with Gasteiger partial charge in [-0.3, -0.25) is 0 Å². The van der Waals surface area contributed by atoms with Crippen LogP contribution in [0.15, 0.2) is 31.6 Å². The summed E-state index contributed by atoms with van der Waals surface area (Å²) in [6, 6.07) is 4.03. The number of ether oxygens (including phenoxy) is 1. The van der Waals surface area contributed by atoms with Gasteiger partial charge in [-0.25, -0.2) is 0 Å². The number of halogens is 4. The monoisotopic (exact) mass is 415 g/mol. The fourth-order valence-electron chi connectivity index (χ4n) is 1.29. The Kier molecular flexibility index (Phi) is 7.64. The van der Waals surface area contributed by atoms with Crippen LogP contribution < -0.4 is 10.1 Å². The van der Waals surface area contributed by atoms with Crippen LogP contribution in [0.3, 0.4) is 0 Å². The zero-order valence-electron chi connectivity index (χ0n) is 9.77. The van der Waals surface area contributed by atoms with Crippen molar-refractivity contribution in [1.82, 2.24) is 5.32 Å². The van der Waals surface area contributed by atoms with E-state index >= 15 is 0 Å². The van der Waals surface area contributed by atoms with Crippen molar-refractivity contribution >= 4 is 55.1 Å². The molecule has 0 saturated heterocycles. The third kappa shape index (κ3) is 5.10. The minimum Gasteiger partial charge on any atom is -0.486 e. The minimum atomic E-state index is 0.245. The van der Waals surface area contributed by atoms with Crippen molar-refractivity contribution in [3.63, 3.8) is 0 Å². The molecule has 18 heavy (non-hydrogen) atoms. The summed E-state index contributed by atoms with van der Waals surface area (Å²) in [5.41, 5.74) is 2.46. The minimum absolute atomic E-state index is 0.245. The number of nitrogens with one attached hydrogen (secondary N) is 1. The molecule has 0 radical (unpaired) electrons. The van der Waals surface area contributed by atoms with E-state index in [9.17, 15) is 0 Å². The number of hydrogen-bond donors (Lipinski definition) is 1. The smallest absolute Gasteiger partial charge is 0.148 e. The molecule has 0 amide bonds. The zero-order valence-corrected chi connectivity index (χ0v) is 14.5. The van der Waals surface area contributed by atoms with Gasteiger partial charge in [-0.15, -0.1) is 0 Å². The van der Waals surface area contributed by atoms with Crippen LogP contribution in [0.5, 0.6) is 5.75 Å². The van der Waals surface area contributed by atoms with E-state index in [1.165, 1.54) is 11.1 Å². The molecule has 0 bridgehead atoms. The van der Waals surface area contributed by atoms with Crippen LogP contribution >= 0.6 is 55.1 Å². The summed E-state index contributed by atoms with van der Waals surface area (Å²) >= 11 is 18.2. The summed E-state index contributed by atoms with van der Waals surface area (Å²) in [6.07, 6.45) is 0. The highest BCUT2D eigenvalue weighted by molar-refractivity contribution is 9.11. The molecule has 0 fully saturated rings. The van der Waals surface area contributed by atoms with Gasteiger partial charge in [-0.05, 0) is 56.1 Å². The van der Waals surface area contributed by atoms with Gasteiger partial charge >= 0.3 is 0 Å².